The predicted molar refractivity (Wildman–Crippen MR) is 64.1 cm³/mol. The number of terminal acetylenes is 1. The molecular formula is C12H14N2O2. The number of anilines is 2. The van der Waals surface area contributed by atoms with Crippen molar-refractivity contribution in [2.45, 2.75) is 13.8 Å². The Morgan fingerprint density at radius 2 is 2.25 bits per heavy atom. The molecule has 0 saturated carbocycles. The maximum absolute atomic E-state index is 11.3. The van der Waals surface area contributed by atoms with E-state index in [1.807, 2.05) is 19.9 Å². The minimum atomic E-state index is -0.602. The Hall–Kier alpha value is -2.15. The van der Waals surface area contributed by atoms with Gasteiger partial charge in [-0.25, -0.2) is 4.79 Å². The Balaban J connectivity index is 2.81. The molecule has 0 radical (unpaired) electrons. The summed E-state index contributed by atoms with van der Waals surface area (Å²) >= 11 is 0. The zero-order valence-electron chi connectivity index (χ0n) is 9.33. The topological polar surface area (TPSA) is 64.3 Å². The van der Waals surface area contributed by atoms with Gasteiger partial charge in [-0.1, -0.05) is 12.0 Å². The standard InChI is InChI=1S/C12H14N2O2/c1-4-5-16-12(15)14-10-7-8(2)6-9(3)11(10)13/h1,6-7H,5,13H2,2-3H3,(H,14,15). The number of hydrogen-bond acceptors (Lipinski definition) is 3. The van der Waals surface area contributed by atoms with Crippen molar-refractivity contribution >= 4 is 17.5 Å². The van der Waals surface area contributed by atoms with Crippen LogP contribution >= 0.6 is 0 Å². The lowest BCUT2D eigenvalue weighted by Crippen LogP contribution is -2.15. The Labute approximate surface area is 94.8 Å². The maximum atomic E-state index is 11.3. The van der Waals surface area contributed by atoms with Gasteiger partial charge in [-0.2, -0.15) is 0 Å². The summed E-state index contributed by atoms with van der Waals surface area (Å²) < 4.78 is 4.69. The number of rotatable bonds is 2. The van der Waals surface area contributed by atoms with Crippen LogP contribution in [0.1, 0.15) is 11.1 Å². The van der Waals surface area contributed by atoms with E-state index < -0.39 is 6.09 Å². The molecule has 1 aromatic rings. The lowest BCUT2D eigenvalue weighted by Gasteiger charge is -2.11. The van der Waals surface area contributed by atoms with Gasteiger partial charge in [0.05, 0.1) is 11.4 Å². The third-order valence-corrected chi connectivity index (χ3v) is 2.05. The average Bonchev–Trinajstić information content (AvgIpc) is 2.22. The molecule has 84 valence electrons. The maximum Gasteiger partial charge on any atom is 0.412 e. The van der Waals surface area contributed by atoms with Gasteiger partial charge < -0.3 is 10.5 Å². The Morgan fingerprint density at radius 1 is 1.56 bits per heavy atom. The monoisotopic (exact) mass is 218 g/mol. The molecule has 0 fully saturated rings. The molecular weight excluding hydrogens is 204 g/mol. The van der Waals surface area contributed by atoms with Crippen molar-refractivity contribution in [2.75, 3.05) is 17.7 Å². The van der Waals surface area contributed by atoms with Gasteiger partial charge in [0.2, 0.25) is 0 Å². The summed E-state index contributed by atoms with van der Waals surface area (Å²) in [5.41, 5.74) is 8.81. The molecule has 0 atom stereocenters. The van der Waals surface area contributed by atoms with Crippen LogP contribution in [0.3, 0.4) is 0 Å². The molecule has 0 aliphatic heterocycles. The van der Waals surface area contributed by atoms with Crippen molar-refractivity contribution in [3.8, 4) is 12.3 Å². The van der Waals surface area contributed by atoms with Crippen molar-refractivity contribution in [3.63, 3.8) is 0 Å². The van der Waals surface area contributed by atoms with E-state index in [9.17, 15) is 4.79 Å². The Kier molecular flexibility index (Phi) is 3.78. The number of nitrogens with two attached hydrogens (primary N) is 1. The van der Waals surface area contributed by atoms with Crippen molar-refractivity contribution in [2.24, 2.45) is 0 Å². The highest BCUT2D eigenvalue weighted by Crippen LogP contribution is 2.24. The SMILES string of the molecule is C#CCOC(=O)Nc1cc(C)cc(C)c1N. The first kappa shape index (κ1) is 11.9. The summed E-state index contributed by atoms with van der Waals surface area (Å²) in [5, 5.41) is 2.54. The Morgan fingerprint density at radius 3 is 2.88 bits per heavy atom. The lowest BCUT2D eigenvalue weighted by molar-refractivity contribution is 0.176. The fraction of sp³-hybridized carbons (Fsp3) is 0.250. The van der Waals surface area contributed by atoms with Gasteiger partial charge in [-0.15, -0.1) is 6.42 Å². The smallest absolute Gasteiger partial charge is 0.412 e. The van der Waals surface area contributed by atoms with Gasteiger partial charge in [0.25, 0.3) is 0 Å². The van der Waals surface area contributed by atoms with E-state index in [4.69, 9.17) is 12.2 Å². The first-order chi connectivity index (χ1) is 7.54. The molecule has 0 heterocycles. The van der Waals surface area contributed by atoms with Crippen LogP contribution in [-0.4, -0.2) is 12.7 Å². The summed E-state index contributed by atoms with van der Waals surface area (Å²) in [7, 11) is 0. The van der Waals surface area contributed by atoms with E-state index in [1.54, 1.807) is 6.07 Å². The summed E-state index contributed by atoms with van der Waals surface area (Å²) in [6.45, 7) is 3.74. The first-order valence-electron chi connectivity index (χ1n) is 4.78. The summed E-state index contributed by atoms with van der Waals surface area (Å²) in [4.78, 5) is 11.3. The molecule has 0 spiro atoms. The van der Waals surface area contributed by atoms with Crippen LogP contribution in [0.2, 0.25) is 0 Å². The minimum Gasteiger partial charge on any atom is -0.436 e. The average molecular weight is 218 g/mol. The number of ether oxygens (including phenoxy) is 1. The van der Waals surface area contributed by atoms with E-state index in [1.165, 1.54) is 0 Å². The van der Waals surface area contributed by atoms with Crippen LogP contribution in [0.5, 0.6) is 0 Å². The Bertz CT molecular complexity index is 447. The molecule has 3 N–H and O–H groups in total. The summed E-state index contributed by atoms with van der Waals surface area (Å²) in [6, 6.07) is 3.72. The highest BCUT2D eigenvalue weighted by atomic mass is 16.5. The number of nitrogens with one attached hydrogen (secondary N) is 1. The van der Waals surface area contributed by atoms with E-state index in [2.05, 4.69) is 16.0 Å². The van der Waals surface area contributed by atoms with Crippen molar-refractivity contribution < 1.29 is 9.53 Å². The van der Waals surface area contributed by atoms with E-state index >= 15 is 0 Å². The highest BCUT2D eigenvalue weighted by molar-refractivity contribution is 5.89. The number of carbonyl (C=O) groups is 1. The number of benzene rings is 1. The molecule has 1 aromatic carbocycles. The van der Waals surface area contributed by atoms with Crippen LogP contribution in [-0.2, 0) is 4.74 Å². The molecule has 4 heteroatoms. The predicted octanol–water partition coefficient (Wildman–Crippen LogP) is 2.07. The normalized spacial score (nSPS) is 9.31. The van der Waals surface area contributed by atoms with Gasteiger partial charge >= 0.3 is 6.09 Å². The third-order valence-electron chi connectivity index (χ3n) is 2.05. The first-order valence-corrected chi connectivity index (χ1v) is 4.78. The molecule has 0 aliphatic rings. The van der Waals surface area contributed by atoms with E-state index in [0.29, 0.717) is 11.4 Å². The molecule has 0 unspecified atom stereocenters. The lowest BCUT2D eigenvalue weighted by atomic mass is 10.1. The zero-order chi connectivity index (χ0) is 12.1. The molecule has 16 heavy (non-hydrogen) atoms. The van der Waals surface area contributed by atoms with Gasteiger partial charge in [0.1, 0.15) is 0 Å². The van der Waals surface area contributed by atoms with Crippen molar-refractivity contribution in [1.29, 1.82) is 0 Å². The van der Waals surface area contributed by atoms with Crippen LogP contribution < -0.4 is 11.1 Å². The second-order valence-corrected chi connectivity index (χ2v) is 3.45. The summed E-state index contributed by atoms with van der Waals surface area (Å²) in [5.74, 6) is 2.21. The number of nitrogen functional groups attached to an aromatic ring is 1. The van der Waals surface area contributed by atoms with Crippen molar-refractivity contribution in [1.82, 2.24) is 0 Å². The highest BCUT2D eigenvalue weighted by Gasteiger charge is 2.07. The molecule has 0 bridgehead atoms. The fourth-order valence-electron chi connectivity index (χ4n) is 1.34. The summed E-state index contributed by atoms with van der Waals surface area (Å²) in [6.07, 6.45) is 4.37. The van der Waals surface area contributed by atoms with Gasteiger partial charge in [0.15, 0.2) is 6.61 Å². The number of aryl methyl sites for hydroxylation is 2. The largest absolute Gasteiger partial charge is 0.436 e. The van der Waals surface area contributed by atoms with Crippen LogP contribution in [0.15, 0.2) is 12.1 Å². The quantitative estimate of drug-likeness (QED) is 0.590. The number of hydrogen-bond donors (Lipinski definition) is 2. The van der Waals surface area contributed by atoms with Crippen LogP contribution in [0, 0.1) is 26.2 Å². The third kappa shape index (κ3) is 2.92. The van der Waals surface area contributed by atoms with Gasteiger partial charge in [-0.05, 0) is 31.0 Å². The second kappa shape index (κ2) is 5.08. The fourth-order valence-corrected chi connectivity index (χ4v) is 1.34. The van der Waals surface area contributed by atoms with Gasteiger partial charge in [0, 0.05) is 0 Å². The second-order valence-electron chi connectivity index (χ2n) is 3.45. The van der Waals surface area contributed by atoms with E-state index in [-0.39, 0.29) is 6.61 Å². The van der Waals surface area contributed by atoms with E-state index in [0.717, 1.165) is 11.1 Å². The van der Waals surface area contributed by atoms with Gasteiger partial charge in [-0.3, -0.25) is 5.32 Å². The zero-order valence-corrected chi connectivity index (χ0v) is 9.33. The molecule has 0 aromatic heterocycles. The number of amides is 1. The van der Waals surface area contributed by atoms with Crippen LogP contribution in [0.4, 0.5) is 16.2 Å². The van der Waals surface area contributed by atoms with Crippen LogP contribution in [0.25, 0.3) is 0 Å². The number of carbonyl (C=O) groups excluding carboxylic acids is 1. The minimum absolute atomic E-state index is 0.0590. The molecule has 0 aliphatic carbocycles. The molecule has 1 amide bonds. The molecule has 0 saturated heterocycles. The molecule has 4 nitrogen and oxygen atoms in total. The molecule has 1 rings (SSSR count). The van der Waals surface area contributed by atoms with Crippen molar-refractivity contribution in [3.05, 3.63) is 23.3 Å².